The molecule has 0 atom stereocenters. The summed E-state index contributed by atoms with van der Waals surface area (Å²) in [7, 11) is 0. The number of pyridine rings is 1. The zero-order chi connectivity index (χ0) is 18.2. The number of halogens is 1. The number of aromatic nitrogens is 4. The molecule has 0 N–H and O–H groups in total. The molecule has 0 aliphatic carbocycles. The van der Waals surface area contributed by atoms with Gasteiger partial charge in [-0.15, -0.1) is 10.2 Å². The molecule has 5 rings (SSSR count). The Morgan fingerprint density at radius 3 is 2.26 bits per heavy atom. The third-order valence-electron chi connectivity index (χ3n) is 4.30. The lowest BCUT2D eigenvalue weighted by Gasteiger charge is -1.97. The first-order valence-electron chi connectivity index (χ1n) is 8.41. The molecule has 27 heavy (non-hydrogen) atoms. The molecule has 3 heterocycles. The van der Waals surface area contributed by atoms with Gasteiger partial charge in [0.25, 0.3) is 0 Å². The smallest absolute Gasteiger partial charge is 0.248 e. The van der Waals surface area contributed by atoms with E-state index in [1.807, 2.05) is 54.7 Å². The monoisotopic (exact) mass is 356 g/mol. The van der Waals surface area contributed by atoms with Crippen molar-refractivity contribution in [3.05, 3.63) is 84.8 Å². The zero-order valence-electron chi connectivity index (χ0n) is 14.1. The maximum Gasteiger partial charge on any atom is 0.248 e. The van der Waals surface area contributed by atoms with Gasteiger partial charge in [-0.2, -0.15) is 5.10 Å². The van der Waals surface area contributed by atoms with Crippen molar-refractivity contribution in [3.63, 3.8) is 0 Å². The van der Waals surface area contributed by atoms with Gasteiger partial charge in [0, 0.05) is 22.9 Å². The van der Waals surface area contributed by atoms with E-state index in [1.165, 1.54) is 12.1 Å². The molecule has 0 aliphatic rings. The molecule has 0 spiro atoms. The summed E-state index contributed by atoms with van der Waals surface area (Å²) in [5.74, 6) is 0.655. The summed E-state index contributed by atoms with van der Waals surface area (Å²) < 4.78 is 20.7. The number of nitrogens with zero attached hydrogens (tertiary/aromatic N) is 4. The fourth-order valence-electron chi connectivity index (χ4n) is 2.93. The van der Waals surface area contributed by atoms with Crippen LogP contribution in [0, 0.1) is 5.82 Å². The molecular weight excluding hydrogens is 343 g/mol. The number of fused-ring (bicyclic) bond motifs is 1. The van der Waals surface area contributed by atoms with Gasteiger partial charge in [-0.25, -0.2) is 8.91 Å². The largest absolute Gasteiger partial charge is 0.416 e. The molecule has 3 aromatic heterocycles. The van der Waals surface area contributed by atoms with Crippen molar-refractivity contribution >= 4 is 5.52 Å². The van der Waals surface area contributed by atoms with E-state index in [2.05, 4.69) is 15.3 Å². The topological polar surface area (TPSA) is 56.2 Å². The third kappa shape index (κ3) is 2.87. The number of hydrogen-bond donors (Lipinski definition) is 0. The van der Waals surface area contributed by atoms with E-state index in [4.69, 9.17) is 4.42 Å². The first kappa shape index (κ1) is 15.5. The summed E-state index contributed by atoms with van der Waals surface area (Å²) >= 11 is 0. The van der Waals surface area contributed by atoms with Crippen LogP contribution >= 0.6 is 0 Å². The lowest BCUT2D eigenvalue weighted by Crippen LogP contribution is -1.88. The van der Waals surface area contributed by atoms with Crippen molar-refractivity contribution in [2.75, 3.05) is 0 Å². The Bertz CT molecular complexity index is 1230. The number of benzene rings is 2. The van der Waals surface area contributed by atoms with Gasteiger partial charge in [0.15, 0.2) is 0 Å². The van der Waals surface area contributed by atoms with Gasteiger partial charge in [-0.05, 0) is 54.6 Å². The second kappa shape index (κ2) is 6.17. The maximum atomic E-state index is 13.1. The quantitative estimate of drug-likeness (QED) is 0.463. The van der Waals surface area contributed by atoms with Crippen LogP contribution in [0.4, 0.5) is 4.39 Å². The predicted molar refractivity (Wildman–Crippen MR) is 99.3 cm³/mol. The van der Waals surface area contributed by atoms with E-state index >= 15 is 0 Å². The van der Waals surface area contributed by atoms with Crippen LogP contribution < -0.4 is 0 Å². The van der Waals surface area contributed by atoms with Crippen molar-refractivity contribution in [2.45, 2.75) is 0 Å². The van der Waals surface area contributed by atoms with Gasteiger partial charge < -0.3 is 4.42 Å². The summed E-state index contributed by atoms with van der Waals surface area (Å²) in [4.78, 5) is 0. The lowest BCUT2D eigenvalue weighted by atomic mass is 10.1. The van der Waals surface area contributed by atoms with Crippen molar-refractivity contribution in [3.8, 4) is 34.2 Å². The van der Waals surface area contributed by atoms with E-state index in [0.717, 1.165) is 27.9 Å². The summed E-state index contributed by atoms with van der Waals surface area (Å²) in [6.45, 7) is 0. The molecule has 0 saturated heterocycles. The van der Waals surface area contributed by atoms with Gasteiger partial charge in [-0.3, -0.25) is 0 Å². The van der Waals surface area contributed by atoms with Crippen LogP contribution in [-0.4, -0.2) is 19.8 Å². The van der Waals surface area contributed by atoms with E-state index in [-0.39, 0.29) is 5.82 Å². The summed E-state index contributed by atoms with van der Waals surface area (Å²) in [5, 5.41) is 12.8. The first-order valence-corrected chi connectivity index (χ1v) is 8.41. The minimum atomic E-state index is -0.268. The molecule has 0 unspecified atom stereocenters. The molecule has 0 amide bonds. The van der Waals surface area contributed by atoms with Crippen LogP contribution in [0.25, 0.3) is 39.7 Å². The fourth-order valence-corrected chi connectivity index (χ4v) is 2.93. The number of hydrogen-bond acceptors (Lipinski definition) is 4. The molecule has 130 valence electrons. The Balaban J connectivity index is 1.51. The molecule has 0 saturated carbocycles. The second-order valence-electron chi connectivity index (χ2n) is 6.10. The van der Waals surface area contributed by atoms with Crippen molar-refractivity contribution < 1.29 is 8.81 Å². The SMILES string of the molecule is Fc1ccc(-c2cc3cc(-c4nnc(-c5ccccc5)o4)ccn3n2)cc1. The summed E-state index contributed by atoms with van der Waals surface area (Å²) in [6.07, 6.45) is 1.84. The maximum absolute atomic E-state index is 13.1. The highest BCUT2D eigenvalue weighted by Crippen LogP contribution is 2.26. The second-order valence-corrected chi connectivity index (χ2v) is 6.10. The van der Waals surface area contributed by atoms with Crippen molar-refractivity contribution in [1.29, 1.82) is 0 Å². The van der Waals surface area contributed by atoms with Crippen LogP contribution in [0.15, 0.2) is 83.4 Å². The van der Waals surface area contributed by atoms with Crippen LogP contribution in [0.5, 0.6) is 0 Å². The highest BCUT2D eigenvalue weighted by molar-refractivity contribution is 5.70. The molecule has 5 nitrogen and oxygen atoms in total. The normalized spacial score (nSPS) is 11.1. The van der Waals surface area contributed by atoms with Crippen LogP contribution in [0.3, 0.4) is 0 Å². The molecule has 0 bridgehead atoms. The highest BCUT2D eigenvalue weighted by atomic mass is 19.1. The summed E-state index contributed by atoms with van der Waals surface area (Å²) in [6, 6.07) is 21.6. The number of rotatable bonds is 3. The molecule has 5 aromatic rings. The molecule has 6 heteroatoms. The Hall–Kier alpha value is -3.80. The van der Waals surface area contributed by atoms with Gasteiger partial charge in [0.2, 0.25) is 11.8 Å². The highest BCUT2D eigenvalue weighted by Gasteiger charge is 2.12. The Labute approximate surface area is 153 Å². The third-order valence-corrected chi connectivity index (χ3v) is 4.30. The Kier molecular flexibility index (Phi) is 3.53. The van der Waals surface area contributed by atoms with Crippen LogP contribution in [0.1, 0.15) is 0 Å². The van der Waals surface area contributed by atoms with Gasteiger partial charge >= 0.3 is 0 Å². The first-order chi connectivity index (χ1) is 13.3. The van der Waals surface area contributed by atoms with Gasteiger partial charge in [0.1, 0.15) is 5.82 Å². The molecule has 0 fully saturated rings. The van der Waals surface area contributed by atoms with Crippen molar-refractivity contribution in [2.24, 2.45) is 0 Å². The minimum absolute atomic E-state index is 0.268. The van der Waals surface area contributed by atoms with E-state index in [9.17, 15) is 4.39 Å². The molecular formula is C21H13FN4O. The van der Waals surface area contributed by atoms with E-state index in [0.29, 0.717) is 11.8 Å². The predicted octanol–water partition coefficient (Wildman–Crippen LogP) is 4.86. The summed E-state index contributed by atoms with van der Waals surface area (Å²) in [5.41, 5.74) is 4.18. The average Bonchev–Trinajstić information content (AvgIpc) is 3.36. The molecule has 2 aromatic carbocycles. The minimum Gasteiger partial charge on any atom is -0.416 e. The van der Waals surface area contributed by atoms with Crippen LogP contribution in [-0.2, 0) is 0 Å². The fraction of sp³-hybridized carbons (Fsp3) is 0. The zero-order valence-corrected chi connectivity index (χ0v) is 14.1. The van der Waals surface area contributed by atoms with E-state index in [1.54, 1.807) is 16.6 Å². The van der Waals surface area contributed by atoms with Gasteiger partial charge in [0.05, 0.1) is 11.2 Å². The molecule has 0 aliphatic heterocycles. The van der Waals surface area contributed by atoms with Crippen molar-refractivity contribution in [1.82, 2.24) is 19.8 Å². The Morgan fingerprint density at radius 2 is 1.48 bits per heavy atom. The standard InChI is InChI=1S/C21H13FN4O/c22-17-8-6-14(7-9-17)19-13-18-12-16(10-11-26(18)25-19)21-24-23-20(27-21)15-4-2-1-3-5-15/h1-13H. The lowest BCUT2D eigenvalue weighted by molar-refractivity contribution is 0.584. The average molecular weight is 356 g/mol. The Morgan fingerprint density at radius 1 is 0.741 bits per heavy atom. The van der Waals surface area contributed by atoms with Gasteiger partial charge in [-0.1, -0.05) is 18.2 Å². The van der Waals surface area contributed by atoms with E-state index < -0.39 is 0 Å². The van der Waals surface area contributed by atoms with Crippen LogP contribution in [0.2, 0.25) is 0 Å². The molecule has 0 radical (unpaired) electrons.